The van der Waals surface area contributed by atoms with E-state index in [0.29, 0.717) is 11.6 Å². The van der Waals surface area contributed by atoms with Gasteiger partial charge in [-0.1, -0.05) is 30.3 Å². The Balaban J connectivity index is 1.99. The topological polar surface area (TPSA) is 48.1 Å². The van der Waals surface area contributed by atoms with Crippen molar-refractivity contribution >= 4 is 32.4 Å². The number of nitrogens with two attached hydrogens (primary N) is 1. The van der Waals surface area contributed by atoms with Crippen molar-refractivity contribution in [3.63, 3.8) is 0 Å². The molecule has 3 aromatic rings. The third-order valence-electron chi connectivity index (χ3n) is 3.21. The van der Waals surface area contributed by atoms with Gasteiger partial charge in [-0.05, 0) is 51.3 Å². The lowest BCUT2D eigenvalue weighted by atomic mass is 10.1. The van der Waals surface area contributed by atoms with E-state index in [0.717, 1.165) is 21.2 Å². The molecule has 2 N–H and O–H groups in total. The van der Waals surface area contributed by atoms with Crippen LogP contribution in [0.5, 0.6) is 11.6 Å². The number of aromatic nitrogens is 1. The minimum absolute atomic E-state index is 0.520. The Kier molecular flexibility index (Phi) is 3.32. The summed E-state index contributed by atoms with van der Waals surface area (Å²) in [5.41, 5.74) is 7.38. The Morgan fingerprint density at radius 2 is 1.85 bits per heavy atom. The number of hydrogen-bond donors (Lipinski definition) is 1. The van der Waals surface area contributed by atoms with Gasteiger partial charge in [-0.25, -0.2) is 4.98 Å². The summed E-state index contributed by atoms with van der Waals surface area (Å²) in [5.74, 6) is 1.27. The standard InChI is InChI=1S/C16H13BrN2O/c1-10-14(18)9-19-16(15(10)17)20-13-7-6-11-4-2-3-5-12(11)8-13/h2-9H,18H2,1H3. The SMILES string of the molecule is Cc1c(N)cnc(Oc2ccc3ccccc3c2)c1Br. The van der Waals surface area contributed by atoms with Gasteiger partial charge in [0.25, 0.3) is 0 Å². The summed E-state index contributed by atoms with van der Waals surface area (Å²) in [6.45, 7) is 1.92. The minimum Gasteiger partial charge on any atom is -0.438 e. The molecule has 0 aliphatic rings. The Labute approximate surface area is 125 Å². The molecule has 0 aliphatic heterocycles. The zero-order valence-electron chi connectivity index (χ0n) is 10.9. The summed E-state index contributed by atoms with van der Waals surface area (Å²) in [6.07, 6.45) is 1.61. The fraction of sp³-hybridized carbons (Fsp3) is 0.0625. The molecular formula is C16H13BrN2O. The van der Waals surface area contributed by atoms with Crippen molar-refractivity contribution < 1.29 is 4.74 Å². The number of hydrogen-bond acceptors (Lipinski definition) is 3. The molecule has 2 aromatic carbocycles. The van der Waals surface area contributed by atoms with Gasteiger partial charge in [-0.3, -0.25) is 0 Å². The molecule has 0 radical (unpaired) electrons. The molecule has 100 valence electrons. The number of pyridine rings is 1. The largest absolute Gasteiger partial charge is 0.438 e. The van der Waals surface area contributed by atoms with E-state index < -0.39 is 0 Å². The normalized spacial score (nSPS) is 10.7. The van der Waals surface area contributed by atoms with E-state index in [1.165, 1.54) is 5.39 Å². The predicted octanol–water partition coefficient (Wildman–Crippen LogP) is 4.68. The first-order chi connectivity index (χ1) is 9.65. The Hall–Kier alpha value is -2.07. The number of fused-ring (bicyclic) bond motifs is 1. The zero-order valence-corrected chi connectivity index (χ0v) is 12.5. The average Bonchev–Trinajstić information content (AvgIpc) is 2.48. The lowest BCUT2D eigenvalue weighted by Crippen LogP contribution is -1.96. The van der Waals surface area contributed by atoms with Gasteiger partial charge in [0.2, 0.25) is 5.88 Å². The van der Waals surface area contributed by atoms with Gasteiger partial charge in [-0.2, -0.15) is 0 Å². The fourth-order valence-corrected chi connectivity index (χ4v) is 2.39. The van der Waals surface area contributed by atoms with Crippen LogP contribution in [0.1, 0.15) is 5.56 Å². The molecule has 0 fully saturated rings. The molecule has 0 amide bonds. The van der Waals surface area contributed by atoms with Gasteiger partial charge >= 0.3 is 0 Å². The van der Waals surface area contributed by atoms with Crippen LogP contribution in [-0.2, 0) is 0 Å². The van der Waals surface area contributed by atoms with Crippen molar-refractivity contribution in [3.05, 3.63) is 58.7 Å². The monoisotopic (exact) mass is 328 g/mol. The Morgan fingerprint density at radius 3 is 2.65 bits per heavy atom. The highest BCUT2D eigenvalue weighted by Gasteiger charge is 2.09. The Bertz CT molecular complexity index is 787. The first-order valence-corrected chi connectivity index (χ1v) is 7.01. The molecule has 0 bridgehead atoms. The molecule has 0 spiro atoms. The van der Waals surface area contributed by atoms with Crippen LogP contribution in [0.4, 0.5) is 5.69 Å². The molecule has 0 unspecified atom stereocenters. The number of nitrogens with zero attached hydrogens (tertiary/aromatic N) is 1. The van der Waals surface area contributed by atoms with Crippen molar-refractivity contribution in [2.45, 2.75) is 6.92 Å². The summed E-state index contributed by atoms with van der Waals surface area (Å²) in [5, 5.41) is 2.31. The quantitative estimate of drug-likeness (QED) is 0.742. The first-order valence-electron chi connectivity index (χ1n) is 6.22. The molecule has 1 heterocycles. The summed E-state index contributed by atoms with van der Waals surface area (Å²) in [6, 6.07) is 14.1. The smallest absolute Gasteiger partial charge is 0.233 e. The van der Waals surface area contributed by atoms with E-state index in [9.17, 15) is 0 Å². The van der Waals surface area contributed by atoms with E-state index in [2.05, 4.69) is 33.0 Å². The number of anilines is 1. The van der Waals surface area contributed by atoms with Crippen molar-refractivity contribution in [3.8, 4) is 11.6 Å². The number of nitrogen functional groups attached to an aromatic ring is 1. The average molecular weight is 329 g/mol. The van der Waals surface area contributed by atoms with Crippen LogP contribution in [0.3, 0.4) is 0 Å². The maximum atomic E-state index is 5.84. The van der Waals surface area contributed by atoms with E-state index in [1.807, 2.05) is 37.3 Å². The lowest BCUT2D eigenvalue weighted by molar-refractivity contribution is 0.460. The second-order valence-corrected chi connectivity index (χ2v) is 5.36. The van der Waals surface area contributed by atoms with Crippen molar-refractivity contribution in [1.82, 2.24) is 4.98 Å². The molecule has 1 aromatic heterocycles. The van der Waals surface area contributed by atoms with Crippen molar-refractivity contribution in [2.75, 3.05) is 5.73 Å². The van der Waals surface area contributed by atoms with Crippen LogP contribution in [-0.4, -0.2) is 4.98 Å². The molecule has 0 saturated heterocycles. The summed E-state index contributed by atoms with van der Waals surface area (Å²) in [7, 11) is 0. The van der Waals surface area contributed by atoms with Crippen LogP contribution in [0.25, 0.3) is 10.8 Å². The van der Waals surface area contributed by atoms with Crippen LogP contribution in [0.15, 0.2) is 53.1 Å². The Morgan fingerprint density at radius 1 is 1.10 bits per heavy atom. The van der Waals surface area contributed by atoms with E-state index in [4.69, 9.17) is 10.5 Å². The van der Waals surface area contributed by atoms with Crippen molar-refractivity contribution in [1.29, 1.82) is 0 Å². The number of benzene rings is 2. The van der Waals surface area contributed by atoms with E-state index in [1.54, 1.807) is 6.20 Å². The predicted molar refractivity (Wildman–Crippen MR) is 85.1 cm³/mol. The maximum absolute atomic E-state index is 5.84. The number of rotatable bonds is 2. The zero-order chi connectivity index (χ0) is 14.1. The molecule has 0 aliphatic carbocycles. The molecule has 20 heavy (non-hydrogen) atoms. The van der Waals surface area contributed by atoms with Gasteiger partial charge in [0, 0.05) is 0 Å². The molecule has 0 saturated carbocycles. The first kappa shape index (κ1) is 12.9. The fourth-order valence-electron chi connectivity index (χ4n) is 1.98. The van der Waals surface area contributed by atoms with Gasteiger partial charge < -0.3 is 10.5 Å². The van der Waals surface area contributed by atoms with Gasteiger partial charge in [0.05, 0.1) is 16.4 Å². The second-order valence-electron chi connectivity index (χ2n) is 4.57. The highest BCUT2D eigenvalue weighted by molar-refractivity contribution is 9.10. The number of halogens is 1. The summed E-state index contributed by atoms with van der Waals surface area (Å²) >= 11 is 3.47. The minimum atomic E-state index is 0.520. The molecular weight excluding hydrogens is 316 g/mol. The molecule has 4 heteroatoms. The van der Waals surface area contributed by atoms with Crippen LogP contribution >= 0.6 is 15.9 Å². The summed E-state index contributed by atoms with van der Waals surface area (Å²) in [4.78, 5) is 4.22. The highest BCUT2D eigenvalue weighted by Crippen LogP contribution is 2.33. The second kappa shape index (κ2) is 5.13. The third kappa shape index (κ3) is 2.34. The summed E-state index contributed by atoms with van der Waals surface area (Å²) < 4.78 is 6.62. The van der Waals surface area contributed by atoms with Gasteiger partial charge in [0.1, 0.15) is 5.75 Å². The van der Waals surface area contributed by atoms with E-state index in [-0.39, 0.29) is 0 Å². The lowest BCUT2D eigenvalue weighted by Gasteiger charge is -2.10. The molecule has 0 atom stereocenters. The van der Waals surface area contributed by atoms with Crippen molar-refractivity contribution in [2.24, 2.45) is 0 Å². The number of ether oxygens (including phenoxy) is 1. The van der Waals surface area contributed by atoms with Crippen LogP contribution in [0, 0.1) is 6.92 Å². The molecule has 3 nitrogen and oxygen atoms in total. The molecule has 3 rings (SSSR count). The van der Waals surface area contributed by atoms with Gasteiger partial charge in [0.15, 0.2) is 0 Å². The third-order valence-corrected chi connectivity index (χ3v) is 4.14. The van der Waals surface area contributed by atoms with Gasteiger partial charge in [-0.15, -0.1) is 0 Å². The highest BCUT2D eigenvalue weighted by atomic mass is 79.9. The van der Waals surface area contributed by atoms with Crippen LogP contribution in [0.2, 0.25) is 0 Å². The van der Waals surface area contributed by atoms with E-state index >= 15 is 0 Å². The maximum Gasteiger partial charge on any atom is 0.233 e. The van der Waals surface area contributed by atoms with Crippen LogP contribution < -0.4 is 10.5 Å².